The molecule has 7 heteroatoms. The van der Waals surface area contributed by atoms with Crippen LogP contribution in [-0.2, 0) is 28.6 Å². The first-order valence-corrected chi connectivity index (χ1v) is 11.9. The maximum absolute atomic E-state index is 12.0. The summed E-state index contributed by atoms with van der Waals surface area (Å²) >= 11 is 0. The fraction of sp³-hybridized carbons (Fsp3) is 0.792. The summed E-state index contributed by atoms with van der Waals surface area (Å²) in [7, 11) is 0. The van der Waals surface area contributed by atoms with E-state index in [1.165, 1.54) is 19.3 Å². The van der Waals surface area contributed by atoms with E-state index in [0.717, 1.165) is 51.0 Å². The van der Waals surface area contributed by atoms with Crippen molar-refractivity contribution in [3.8, 4) is 0 Å². The average Bonchev–Trinajstić information content (AvgIpc) is 2.76. The monoisotopic (exact) mass is 441 g/mol. The lowest BCUT2D eigenvalue weighted by Crippen LogP contribution is -2.36. The summed E-state index contributed by atoms with van der Waals surface area (Å²) in [5.41, 5.74) is 0. The second kappa shape index (κ2) is 21.3. The molecule has 0 rings (SSSR count). The predicted molar refractivity (Wildman–Crippen MR) is 122 cm³/mol. The van der Waals surface area contributed by atoms with Crippen LogP contribution in [0.2, 0.25) is 0 Å². The summed E-state index contributed by atoms with van der Waals surface area (Å²) in [5, 5.41) is 3.08. The molecule has 1 N–H and O–H groups in total. The van der Waals surface area contributed by atoms with Gasteiger partial charge in [0.25, 0.3) is 0 Å². The van der Waals surface area contributed by atoms with Crippen LogP contribution < -0.4 is 5.32 Å². The van der Waals surface area contributed by atoms with Gasteiger partial charge in [-0.1, -0.05) is 71.8 Å². The van der Waals surface area contributed by atoms with E-state index in [0.29, 0.717) is 25.9 Å². The van der Waals surface area contributed by atoms with E-state index >= 15 is 0 Å². The molecule has 0 amide bonds. The van der Waals surface area contributed by atoms with Crippen molar-refractivity contribution in [1.29, 1.82) is 0 Å². The molecule has 0 saturated carbocycles. The highest BCUT2D eigenvalue weighted by Crippen LogP contribution is 2.07. The molecule has 0 heterocycles. The van der Waals surface area contributed by atoms with Crippen molar-refractivity contribution in [1.82, 2.24) is 5.32 Å². The molecule has 0 aromatic rings. The Morgan fingerprint density at radius 1 is 0.839 bits per heavy atom. The van der Waals surface area contributed by atoms with Gasteiger partial charge in [-0.25, -0.2) is 4.79 Å². The molecule has 0 aliphatic heterocycles. The Balaban J connectivity index is 4.03. The highest BCUT2D eigenvalue weighted by molar-refractivity contribution is 5.81. The molecule has 0 saturated heterocycles. The standard InChI is InChI=1S/C24H43NO6/c1-4-7-9-11-12-14-15-23(27)29-18-17-25-19-21(20-30-22(26)6-3)31-24(28)16-13-10-8-5-2/h6,21,25H,3-5,7-20H2,1-2H3. The molecular formula is C24H43NO6. The van der Waals surface area contributed by atoms with Crippen LogP contribution in [0.4, 0.5) is 0 Å². The molecule has 1 atom stereocenters. The van der Waals surface area contributed by atoms with Crippen molar-refractivity contribution >= 4 is 17.9 Å². The van der Waals surface area contributed by atoms with Crippen LogP contribution >= 0.6 is 0 Å². The summed E-state index contributed by atoms with van der Waals surface area (Å²) in [6, 6.07) is 0. The topological polar surface area (TPSA) is 90.9 Å². The van der Waals surface area contributed by atoms with Crippen molar-refractivity contribution < 1.29 is 28.6 Å². The van der Waals surface area contributed by atoms with E-state index in [1.54, 1.807) is 0 Å². The third-order valence-electron chi connectivity index (χ3n) is 4.76. The molecular weight excluding hydrogens is 398 g/mol. The third-order valence-corrected chi connectivity index (χ3v) is 4.76. The lowest BCUT2D eigenvalue weighted by Gasteiger charge is -2.18. The zero-order chi connectivity index (χ0) is 23.2. The predicted octanol–water partition coefficient (Wildman–Crippen LogP) is 4.48. The Morgan fingerprint density at radius 3 is 2.06 bits per heavy atom. The molecule has 0 radical (unpaired) electrons. The zero-order valence-electron chi connectivity index (χ0n) is 19.6. The van der Waals surface area contributed by atoms with E-state index in [9.17, 15) is 14.4 Å². The number of unbranched alkanes of at least 4 members (excludes halogenated alkanes) is 8. The van der Waals surface area contributed by atoms with Crippen molar-refractivity contribution in [3.05, 3.63) is 12.7 Å². The van der Waals surface area contributed by atoms with Gasteiger partial charge in [-0.15, -0.1) is 0 Å². The first kappa shape index (κ1) is 29.1. The van der Waals surface area contributed by atoms with Gasteiger partial charge < -0.3 is 19.5 Å². The Bertz CT molecular complexity index is 494. The van der Waals surface area contributed by atoms with Crippen LogP contribution in [0.15, 0.2) is 12.7 Å². The van der Waals surface area contributed by atoms with Crippen LogP contribution in [0, 0.1) is 0 Å². The van der Waals surface area contributed by atoms with Crippen LogP contribution in [-0.4, -0.2) is 50.3 Å². The van der Waals surface area contributed by atoms with E-state index in [2.05, 4.69) is 25.7 Å². The Morgan fingerprint density at radius 2 is 1.42 bits per heavy atom. The molecule has 180 valence electrons. The number of rotatable bonds is 21. The van der Waals surface area contributed by atoms with Crippen molar-refractivity contribution in [2.45, 2.75) is 97.0 Å². The van der Waals surface area contributed by atoms with Crippen molar-refractivity contribution in [2.24, 2.45) is 0 Å². The number of carbonyl (C=O) groups is 3. The van der Waals surface area contributed by atoms with Gasteiger partial charge in [0.15, 0.2) is 0 Å². The molecule has 0 spiro atoms. The van der Waals surface area contributed by atoms with Gasteiger partial charge in [0.2, 0.25) is 0 Å². The maximum atomic E-state index is 12.0. The molecule has 31 heavy (non-hydrogen) atoms. The first-order valence-electron chi connectivity index (χ1n) is 11.9. The summed E-state index contributed by atoms with van der Waals surface area (Å²) in [6.45, 7) is 8.59. The average molecular weight is 442 g/mol. The zero-order valence-corrected chi connectivity index (χ0v) is 19.6. The van der Waals surface area contributed by atoms with Gasteiger partial charge in [-0.05, 0) is 12.8 Å². The number of carbonyl (C=O) groups excluding carboxylic acids is 3. The summed E-state index contributed by atoms with van der Waals surface area (Å²) in [6.07, 6.45) is 12.0. The smallest absolute Gasteiger partial charge is 0.330 e. The number of ether oxygens (including phenoxy) is 3. The van der Waals surface area contributed by atoms with E-state index in [4.69, 9.17) is 14.2 Å². The SMILES string of the molecule is C=CC(=O)OCC(CNCCOC(=O)CCCCCCCC)OC(=O)CCCCCC. The Kier molecular flexibility index (Phi) is 20.0. The number of hydrogen-bond acceptors (Lipinski definition) is 7. The number of esters is 3. The van der Waals surface area contributed by atoms with E-state index < -0.39 is 12.1 Å². The summed E-state index contributed by atoms with van der Waals surface area (Å²) in [4.78, 5) is 35.1. The largest absolute Gasteiger partial charge is 0.464 e. The maximum Gasteiger partial charge on any atom is 0.330 e. The lowest BCUT2D eigenvalue weighted by molar-refractivity contribution is -0.156. The molecule has 0 aliphatic carbocycles. The molecule has 0 aromatic carbocycles. The van der Waals surface area contributed by atoms with Crippen LogP contribution in [0.3, 0.4) is 0 Å². The van der Waals surface area contributed by atoms with Crippen LogP contribution in [0.5, 0.6) is 0 Å². The third kappa shape index (κ3) is 19.8. The fourth-order valence-corrected chi connectivity index (χ4v) is 2.93. The van der Waals surface area contributed by atoms with Gasteiger partial charge in [0, 0.05) is 32.0 Å². The van der Waals surface area contributed by atoms with Crippen LogP contribution in [0.25, 0.3) is 0 Å². The fourth-order valence-electron chi connectivity index (χ4n) is 2.93. The molecule has 0 aliphatic rings. The van der Waals surface area contributed by atoms with Gasteiger partial charge in [-0.3, -0.25) is 9.59 Å². The summed E-state index contributed by atoms with van der Waals surface area (Å²) in [5.74, 6) is -1.05. The number of nitrogens with one attached hydrogen (secondary N) is 1. The van der Waals surface area contributed by atoms with Crippen molar-refractivity contribution in [3.63, 3.8) is 0 Å². The van der Waals surface area contributed by atoms with Gasteiger partial charge in [0.05, 0.1) is 0 Å². The van der Waals surface area contributed by atoms with E-state index in [1.807, 2.05) is 0 Å². The van der Waals surface area contributed by atoms with Crippen molar-refractivity contribution in [2.75, 3.05) is 26.3 Å². The highest BCUT2D eigenvalue weighted by Gasteiger charge is 2.16. The van der Waals surface area contributed by atoms with Gasteiger partial charge in [-0.2, -0.15) is 0 Å². The molecule has 1 unspecified atom stereocenters. The Hall–Kier alpha value is -1.89. The van der Waals surface area contributed by atoms with Crippen LogP contribution in [0.1, 0.15) is 90.9 Å². The molecule has 0 aromatic heterocycles. The second-order valence-corrected chi connectivity index (χ2v) is 7.70. The first-order chi connectivity index (χ1) is 15.0. The second-order valence-electron chi connectivity index (χ2n) is 7.70. The molecule has 7 nitrogen and oxygen atoms in total. The minimum Gasteiger partial charge on any atom is -0.464 e. The lowest BCUT2D eigenvalue weighted by atomic mass is 10.1. The number of hydrogen-bond donors (Lipinski definition) is 1. The normalized spacial score (nSPS) is 11.5. The molecule has 0 fully saturated rings. The van der Waals surface area contributed by atoms with E-state index in [-0.39, 0.29) is 25.2 Å². The minimum atomic E-state index is -0.596. The van der Waals surface area contributed by atoms with Gasteiger partial charge >= 0.3 is 17.9 Å². The highest BCUT2D eigenvalue weighted by atomic mass is 16.6. The quantitative estimate of drug-likeness (QED) is 0.121. The van der Waals surface area contributed by atoms with Gasteiger partial charge in [0.1, 0.15) is 19.3 Å². The Labute approximate surface area is 188 Å². The summed E-state index contributed by atoms with van der Waals surface area (Å²) < 4.78 is 15.7. The molecule has 0 bridgehead atoms. The minimum absolute atomic E-state index is 0.0453.